The third-order valence-corrected chi connectivity index (χ3v) is 5.07. The van der Waals surface area contributed by atoms with E-state index in [4.69, 9.17) is 9.26 Å². The number of carbonyl (C=O) groups excluding carboxylic acids is 1. The fourth-order valence-corrected chi connectivity index (χ4v) is 3.76. The van der Waals surface area contributed by atoms with E-state index >= 15 is 0 Å². The summed E-state index contributed by atoms with van der Waals surface area (Å²) in [4.78, 5) is 12.7. The first kappa shape index (κ1) is 19.6. The normalized spacial score (nSPS) is 10.7. The Morgan fingerprint density at radius 2 is 1.93 bits per heavy atom. The van der Waals surface area contributed by atoms with E-state index < -0.39 is 11.7 Å². The number of nitrogens with one attached hydrogen (secondary N) is 1. The monoisotopic (exact) mass is 496 g/mol. The van der Waals surface area contributed by atoms with E-state index in [0.29, 0.717) is 31.7 Å². The summed E-state index contributed by atoms with van der Waals surface area (Å²) in [6.07, 6.45) is 0. The van der Waals surface area contributed by atoms with Crippen molar-refractivity contribution in [3.63, 3.8) is 0 Å². The second kappa shape index (κ2) is 8.22. The van der Waals surface area contributed by atoms with Gasteiger partial charge in [0.25, 0.3) is 5.91 Å². The van der Waals surface area contributed by atoms with Gasteiger partial charge in [0.1, 0.15) is 23.9 Å². The van der Waals surface area contributed by atoms with Gasteiger partial charge in [-0.1, -0.05) is 17.3 Å². The average Bonchev–Trinajstić information content (AvgIpc) is 2.97. The summed E-state index contributed by atoms with van der Waals surface area (Å²) >= 11 is 6.48. The highest BCUT2D eigenvalue weighted by Crippen LogP contribution is 2.32. The van der Waals surface area contributed by atoms with Crippen LogP contribution in [-0.2, 0) is 6.61 Å². The summed E-state index contributed by atoms with van der Waals surface area (Å²) < 4.78 is 25.2. The number of hydrogen-bond acceptors (Lipinski definition) is 4. The number of ether oxygens (including phenoxy) is 1. The predicted molar refractivity (Wildman–Crippen MR) is 107 cm³/mol. The maximum absolute atomic E-state index is 13.4. The number of aryl methyl sites for hydroxylation is 2. The molecule has 8 heteroatoms. The maximum atomic E-state index is 13.4. The van der Waals surface area contributed by atoms with E-state index in [1.54, 1.807) is 6.92 Å². The number of halogens is 3. The van der Waals surface area contributed by atoms with Gasteiger partial charge in [0.05, 0.1) is 11.3 Å². The molecule has 0 unspecified atom stereocenters. The smallest absolute Gasteiger partial charge is 0.278 e. The lowest BCUT2D eigenvalue weighted by Crippen LogP contribution is -2.16. The van der Waals surface area contributed by atoms with Crippen molar-refractivity contribution < 1.29 is 18.4 Å². The van der Waals surface area contributed by atoms with Gasteiger partial charge in [-0.2, -0.15) is 0 Å². The third kappa shape index (κ3) is 4.56. The summed E-state index contributed by atoms with van der Waals surface area (Å²) in [5.74, 6) is 0.259. The van der Waals surface area contributed by atoms with Gasteiger partial charge in [-0.25, -0.2) is 4.39 Å². The first-order valence-electron chi connectivity index (χ1n) is 7.95. The summed E-state index contributed by atoms with van der Waals surface area (Å²) in [6, 6.07) is 10.1. The van der Waals surface area contributed by atoms with Gasteiger partial charge in [-0.05, 0) is 75.5 Å². The minimum absolute atomic E-state index is 0.114. The second-order valence-corrected chi connectivity index (χ2v) is 7.58. The van der Waals surface area contributed by atoms with Crippen molar-refractivity contribution in [2.75, 3.05) is 5.32 Å². The second-order valence-electron chi connectivity index (χ2n) is 5.87. The molecule has 0 aliphatic carbocycles. The number of nitrogens with zero attached hydrogens (tertiary/aromatic N) is 1. The molecule has 0 aliphatic rings. The van der Waals surface area contributed by atoms with Crippen molar-refractivity contribution in [2.45, 2.75) is 20.5 Å². The Morgan fingerprint density at radius 1 is 1.22 bits per heavy atom. The Kier molecular flexibility index (Phi) is 5.96. The lowest BCUT2D eigenvalue weighted by molar-refractivity contribution is 0.101. The summed E-state index contributed by atoms with van der Waals surface area (Å²) in [6.45, 7) is 3.81. The molecule has 0 fully saturated rings. The molecule has 0 atom stereocenters. The topological polar surface area (TPSA) is 64.4 Å². The number of hydrogen-bond donors (Lipinski definition) is 1. The molecule has 1 heterocycles. The molecule has 0 saturated carbocycles. The number of anilines is 1. The van der Waals surface area contributed by atoms with Crippen molar-refractivity contribution >= 4 is 43.5 Å². The van der Waals surface area contributed by atoms with E-state index in [0.717, 1.165) is 5.56 Å². The van der Waals surface area contributed by atoms with Crippen LogP contribution >= 0.6 is 31.9 Å². The molecule has 5 nitrogen and oxygen atoms in total. The lowest BCUT2D eigenvalue weighted by atomic mass is 10.2. The minimum Gasteiger partial charge on any atom is -0.489 e. The standard InChI is InChI=1S/C19H15Br2FN2O3/c1-10-4-3-5-13(6-10)26-9-14-11(2)27-24-17(14)19(25)23-18-15(20)7-12(22)8-16(18)21/h3-8H,9H2,1-2H3,(H,23,25). The van der Waals surface area contributed by atoms with Crippen LogP contribution in [-0.4, -0.2) is 11.1 Å². The van der Waals surface area contributed by atoms with E-state index in [-0.39, 0.29) is 12.3 Å². The van der Waals surface area contributed by atoms with Crippen molar-refractivity contribution in [2.24, 2.45) is 0 Å². The summed E-state index contributed by atoms with van der Waals surface area (Å²) in [5.41, 5.74) is 2.12. The van der Waals surface area contributed by atoms with Crippen LogP contribution < -0.4 is 10.1 Å². The van der Waals surface area contributed by atoms with Crippen LogP contribution in [0.15, 0.2) is 49.9 Å². The zero-order valence-electron chi connectivity index (χ0n) is 14.5. The van der Waals surface area contributed by atoms with E-state index in [2.05, 4.69) is 42.3 Å². The molecule has 1 amide bonds. The maximum Gasteiger partial charge on any atom is 0.278 e. The van der Waals surface area contributed by atoms with Crippen LogP contribution in [0.25, 0.3) is 0 Å². The molecule has 1 N–H and O–H groups in total. The highest BCUT2D eigenvalue weighted by Gasteiger charge is 2.22. The zero-order chi connectivity index (χ0) is 19.6. The molecular formula is C19H15Br2FN2O3. The van der Waals surface area contributed by atoms with Gasteiger partial charge in [0, 0.05) is 8.95 Å². The van der Waals surface area contributed by atoms with E-state index in [1.807, 2.05) is 31.2 Å². The van der Waals surface area contributed by atoms with Crippen LogP contribution in [0.2, 0.25) is 0 Å². The quantitative estimate of drug-likeness (QED) is 0.484. The van der Waals surface area contributed by atoms with Crippen LogP contribution in [0.5, 0.6) is 5.75 Å². The highest BCUT2D eigenvalue weighted by molar-refractivity contribution is 9.11. The Bertz CT molecular complexity index is 981. The molecule has 0 bridgehead atoms. The van der Waals surface area contributed by atoms with Gasteiger partial charge in [0.2, 0.25) is 0 Å². The van der Waals surface area contributed by atoms with Crippen LogP contribution in [0.1, 0.15) is 27.4 Å². The van der Waals surface area contributed by atoms with Crippen LogP contribution in [0, 0.1) is 19.7 Å². The lowest BCUT2D eigenvalue weighted by Gasteiger charge is -2.10. The minimum atomic E-state index is -0.484. The van der Waals surface area contributed by atoms with Crippen LogP contribution in [0.3, 0.4) is 0 Å². The number of carbonyl (C=O) groups is 1. The molecule has 0 saturated heterocycles. The first-order chi connectivity index (χ1) is 12.8. The Balaban J connectivity index is 1.80. The fourth-order valence-electron chi connectivity index (χ4n) is 2.43. The molecule has 0 spiro atoms. The van der Waals surface area contributed by atoms with Crippen molar-refractivity contribution in [1.29, 1.82) is 0 Å². The van der Waals surface area contributed by atoms with Crippen molar-refractivity contribution in [3.05, 3.63) is 73.7 Å². The van der Waals surface area contributed by atoms with Gasteiger partial charge in [-0.3, -0.25) is 4.79 Å². The Hall–Kier alpha value is -2.19. The molecule has 2 aromatic carbocycles. The summed E-state index contributed by atoms with van der Waals surface area (Å²) in [7, 11) is 0. The molecule has 3 aromatic rings. The van der Waals surface area contributed by atoms with E-state index in [1.165, 1.54) is 12.1 Å². The Morgan fingerprint density at radius 3 is 2.59 bits per heavy atom. The largest absolute Gasteiger partial charge is 0.489 e. The number of rotatable bonds is 5. The molecule has 0 aliphatic heterocycles. The first-order valence-corrected chi connectivity index (χ1v) is 9.54. The van der Waals surface area contributed by atoms with Crippen LogP contribution in [0.4, 0.5) is 10.1 Å². The SMILES string of the molecule is Cc1cccc(OCc2c(C(=O)Nc3c(Br)cc(F)cc3Br)noc2C)c1. The molecule has 140 valence electrons. The molecule has 27 heavy (non-hydrogen) atoms. The van der Waals surface area contributed by atoms with Gasteiger partial charge < -0.3 is 14.6 Å². The number of aromatic nitrogens is 1. The molecule has 1 aromatic heterocycles. The van der Waals surface area contributed by atoms with E-state index in [9.17, 15) is 9.18 Å². The predicted octanol–water partition coefficient (Wildman–Crippen LogP) is 5.79. The fraction of sp³-hybridized carbons (Fsp3) is 0.158. The van der Waals surface area contributed by atoms with Crippen molar-refractivity contribution in [3.8, 4) is 5.75 Å². The highest BCUT2D eigenvalue weighted by atomic mass is 79.9. The van der Waals surface area contributed by atoms with Gasteiger partial charge in [-0.15, -0.1) is 0 Å². The molecule has 0 radical (unpaired) electrons. The van der Waals surface area contributed by atoms with Crippen molar-refractivity contribution in [1.82, 2.24) is 5.16 Å². The molecular weight excluding hydrogens is 483 g/mol. The summed E-state index contributed by atoms with van der Waals surface area (Å²) in [5, 5.41) is 6.55. The van der Waals surface area contributed by atoms with Gasteiger partial charge in [0.15, 0.2) is 5.69 Å². The number of benzene rings is 2. The Labute approximate surface area is 172 Å². The average molecular weight is 498 g/mol. The van der Waals surface area contributed by atoms with Gasteiger partial charge >= 0.3 is 0 Å². The third-order valence-electron chi connectivity index (χ3n) is 3.82. The molecule has 3 rings (SSSR count). The number of amides is 1. The zero-order valence-corrected chi connectivity index (χ0v) is 17.6.